The Morgan fingerprint density at radius 3 is 2.83 bits per heavy atom. The number of anilines is 1. The van der Waals surface area contributed by atoms with E-state index < -0.39 is 0 Å². The fraction of sp³-hybridized carbons (Fsp3) is 0.278. The second-order valence-corrected chi connectivity index (χ2v) is 6.65. The average Bonchev–Trinajstić information content (AvgIpc) is 3.31. The molecule has 1 atom stereocenters. The first-order valence-electron chi connectivity index (χ1n) is 8.01. The third-order valence-corrected chi connectivity index (χ3v) is 5.28. The Labute approximate surface area is 145 Å². The van der Waals surface area contributed by atoms with Gasteiger partial charge in [-0.3, -0.25) is 4.98 Å². The molecule has 0 amide bonds. The van der Waals surface area contributed by atoms with Crippen molar-refractivity contribution in [3.63, 3.8) is 0 Å². The van der Waals surface area contributed by atoms with Gasteiger partial charge in [0.2, 0.25) is 5.13 Å². The monoisotopic (exact) mass is 338 g/mol. The standard InChI is InChI=1S/C18H18N4OS/c1-23-16-10-3-2-7-13(16)15-9-6-12-22(15)18-21-20-17(24-18)14-8-4-5-11-19-14/h2-5,7-8,10-11,15H,6,9,12H2,1H3. The Balaban J connectivity index is 1.65. The van der Waals surface area contributed by atoms with Crippen LogP contribution in [-0.4, -0.2) is 28.8 Å². The molecule has 1 unspecified atom stereocenters. The van der Waals surface area contributed by atoms with Crippen molar-refractivity contribution in [2.24, 2.45) is 0 Å². The van der Waals surface area contributed by atoms with Gasteiger partial charge in [0.25, 0.3) is 0 Å². The zero-order chi connectivity index (χ0) is 16.4. The van der Waals surface area contributed by atoms with Gasteiger partial charge in [-0.25, -0.2) is 0 Å². The average molecular weight is 338 g/mol. The number of hydrogen-bond acceptors (Lipinski definition) is 6. The molecule has 1 aliphatic heterocycles. The van der Waals surface area contributed by atoms with Gasteiger partial charge < -0.3 is 9.64 Å². The van der Waals surface area contributed by atoms with Crippen molar-refractivity contribution in [1.82, 2.24) is 15.2 Å². The Morgan fingerprint density at radius 1 is 1.12 bits per heavy atom. The van der Waals surface area contributed by atoms with Gasteiger partial charge in [0.05, 0.1) is 13.2 Å². The lowest BCUT2D eigenvalue weighted by atomic mass is 10.0. The maximum Gasteiger partial charge on any atom is 0.209 e. The van der Waals surface area contributed by atoms with Gasteiger partial charge in [-0.1, -0.05) is 35.6 Å². The highest BCUT2D eigenvalue weighted by Crippen LogP contribution is 2.41. The van der Waals surface area contributed by atoms with Gasteiger partial charge >= 0.3 is 0 Å². The lowest BCUT2D eigenvalue weighted by Crippen LogP contribution is -2.22. The Kier molecular flexibility index (Phi) is 4.13. The fourth-order valence-electron chi connectivity index (χ4n) is 3.19. The molecular formula is C18H18N4OS. The fourth-order valence-corrected chi connectivity index (χ4v) is 4.08. The van der Waals surface area contributed by atoms with Crippen LogP contribution >= 0.6 is 11.3 Å². The molecule has 0 spiro atoms. The number of nitrogens with zero attached hydrogens (tertiary/aromatic N) is 4. The van der Waals surface area contributed by atoms with Gasteiger partial charge in [-0.05, 0) is 31.0 Å². The Bertz CT molecular complexity index is 821. The summed E-state index contributed by atoms with van der Waals surface area (Å²) in [6, 6.07) is 14.4. The first-order valence-corrected chi connectivity index (χ1v) is 8.83. The first kappa shape index (κ1) is 15.1. The van der Waals surface area contributed by atoms with Crippen molar-refractivity contribution in [2.75, 3.05) is 18.6 Å². The number of ether oxygens (including phenoxy) is 1. The summed E-state index contributed by atoms with van der Waals surface area (Å²) in [5.74, 6) is 0.934. The maximum atomic E-state index is 5.55. The van der Waals surface area contributed by atoms with Crippen LogP contribution in [0.1, 0.15) is 24.4 Å². The predicted molar refractivity (Wildman–Crippen MR) is 95.5 cm³/mol. The molecule has 2 aromatic heterocycles. The summed E-state index contributed by atoms with van der Waals surface area (Å²) in [6.07, 6.45) is 4.02. The molecule has 0 saturated carbocycles. The van der Waals surface area contributed by atoms with E-state index in [2.05, 4.69) is 32.2 Å². The molecule has 1 aliphatic rings. The summed E-state index contributed by atoms with van der Waals surface area (Å²) in [7, 11) is 1.72. The predicted octanol–water partition coefficient (Wildman–Crippen LogP) is 3.95. The molecule has 3 heterocycles. The second-order valence-electron chi connectivity index (χ2n) is 5.70. The molecule has 1 fully saturated rings. The number of pyridine rings is 1. The van der Waals surface area contributed by atoms with Crippen molar-refractivity contribution >= 4 is 16.5 Å². The summed E-state index contributed by atoms with van der Waals surface area (Å²) >= 11 is 1.60. The summed E-state index contributed by atoms with van der Waals surface area (Å²) in [4.78, 5) is 6.70. The van der Waals surface area contributed by atoms with Crippen LogP contribution in [0.5, 0.6) is 5.75 Å². The lowest BCUT2D eigenvalue weighted by Gasteiger charge is -2.25. The quantitative estimate of drug-likeness (QED) is 0.721. The lowest BCUT2D eigenvalue weighted by molar-refractivity contribution is 0.405. The van der Waals surface area contributed by atoms with Crippen LogP contribution in [0.4, 0.5) is 5.13 Å². The van der Waals surface area contributed by atoms with Crippen molar-refractivity contribution in [1.29, 1.82) is 0 Å². The van der Waals surface area contributed by atoms with E-state index >= 15 is 0 Å². The number of para-hydroxylation sites is 1. The molecule has 0 N–H and O–H groups in total. The maximum absolute atomic E-state index is 5.55. The molecule has 4 rings (SSSR count). The highest BCUT2D eigenvalue weighted by molar-refractivity contribution is 7.18. The minimum Gasteiger partial charge on any atom is -0.496 e. The number of aromatic nitrogens is 3. The molecule has 1 saturated heterocycles. The smallest absolute Gasteiger partial charge is 0.209 e. The zero-order valence-corrected chi connectivity index (χ0v) is 14.2. The van der Waals surface area contributed by atoms with Crippen molar-refractivity contribution in [3.05, 3.63) is 54.2 Å². The zero-order valence-electron chi connectivity index (χ0n) is 13.4. The van der Waals surface area contributed by atoms with Crippen LogP contribution < -0.4 is 9.64 Å². The van der Waals surface area contributed by atoms with Crippen LogP contribution in [0.2, 0.25) is 0 Å². The molecule has 6 heteroatoms. The minimum absolute atomic E-state index is 0.283. The highest BCUT2D eigenvalue weighted by atomic mass is 32.1. The largest absolute Gasteiger partial charge is 0.496 e. The van der Waals surface area contributed by atoms with Crippen LogP contribution in [0, 0.1) is 0 Å². The molecule has 0 radical (unpaired) electrons. The van der Waals surface area contributed by atoms with Gasteiger partial charge in [0, 0.05) is 18.3 Å². The number of methoxy groups -OCH3 is 1. The summed E-state index contributed by atoms with van der Waals surface area (Å²) in [6.45, 7) is 0.986. The molecule has 5 nitrogen and oxygen atoms in total. The number of hydrogen-bond donors (Lipinski definition) is 0. The van der Waals surface area contributed by atoms with Gasteiger partial charge in [0.1, 0.15) is 11.4 Å². The van der Waals surface area contributed by atoms with Gasteiger partial charge in [0.15, 0.2) is 5.01 Å². The summed E-state index contributed by atoms with van der Waals surface area (Å²) in [5.41, 5.74) is 2.08. The molecule has 1 aromatic carbocycles. The molecular weight excluding hydrogens is 320 g/mol. The third kappa shape index (κ3) is 2.73. The molecule has 3 aromatic rings. The van der Waals surface area contributed by atoms with Crippen LogP contribution in [-0.2, 0) is 0 Å². The summed E-state index contributed by atoms with van der Waals surface area (Å²) in [5, 5.41) is 10.6. The number of benzene rings is 1. The van der Waals surface area contributed by atoms with Crippen LogP contribution in [0.15, 0.2) is 48.7 Å². The molecule has 0 aliphatic carbocycles. The van der Waals surface area contributed by atoms with E-state index in [9.17, 15) is 0 Å². The molecule has 0 bridgehead atoms. The SMILES string of the molecule is COc1ccccc1C1CCCN1c1nnc(-c2ccccn2)s1. The summed E-state index contributed by atoms with van der Waals surface area (Å²) < 4.78 is 5.55. The van der Waals surface area contributed by atoms with E-state index in [1.54, 1.807) is 24.6 Å². The van der Waals surface area contributed by atoms with E-state index in [4.69, 9.17) is 4.74 Å². The highest BCUT2D eigenvalue weighted by Gasteiger charge is 2.30. The van der Waals surface area contributed by atoms with E-state index in [1.165, 1.54) is 5.56 Å². The van der Waals surface area contributed by atoms with E-state index in [-0.39, 0.29) is 6.04 Å². The topological polar surface area (TPSA) is 51.1 Å². The van der Waals surface area contributed by atoms with Crippen LogP contribution in [0.25, 0.3) is 10.7 Å². The van der Waals surface area contributed by atoms with Crippen LogP contribution in [0.3, 0.4) is 0 Å². The van der Waals surface area contributed by atoms with Gasteiger partial charge in [-0.15, -0.1) is 10.2 Å². The normalized spacial score (nSPS) is 17.2. The van der Waals surface area contributed by atoms with Crippen molar-refractivity contribution in [2.45, 2.75) is 18.9 Å². The van der Waals surface area contributed by atoms with Gasteiger partial charge in [-0.2, -0.15) is 0 Å². The Hall–Kier alpha value is -2.47. The molecule has 24 heavy (non-hydrogen) atoms. The van der Waals surface area contributed by atoms with Crippen molar-refractivity contribution in [3.8, 4) is 16.5 Å². The van der Waals surface area contributed by atoms with E-state index in [1.807, 2.05) is 30.3 Å². The minimum atomic E-state index is 0.283. The third-order valence-electron chi connectivity index (χ3n) is 4.29. The molecule has 122 valence electrons. The number of rotatable bonds is 4. The van der Waals surface area contributed by atoms with Crippen molar-refractivity contribution < 1.29 is 4.74 Å². The van der Waals surface area contributed by atoms with E-state index in [0.717, 1.165) is 41.0 Å². The van der Waals surface area contributed by atoms with E-state index in [0.29, 0.717) is 0 Å². The Morgan fingerprint density at radius 2 is 2.00 bits per heavy atom. The first-order chi connectivity index (χ1) is 11.9. The second kappa shape index (κ2) is 6.57.